The Bertz CT molecular complexity index is 954. The Hall–Kier alpha value is -2.18. The summed E-state index contributed by atoms with van der Waals surface area (Å²) in [6, 6.07) is 12.7. The predicted molar refractivity (Wildman–Crippen MR) is 106 cm³/mol. The van der Waals surface area contributed by atoms with Gasteiger partial charge in [0.2, 0.25) is 10.0 Å². The Morgan fingerprint density at radius 3 is 2.37 bits per heavy atom. The molecule has 0 aliphatic carbocycles. The summed E-state index contributed by atoms with van der Waals surface area (Å²) in [5.74, 6) is -0.0378. The number of aryl methyl sites for hydroxylation is 3. The van der Waals surface area contributed by atoms with E-state index >= 15 is 0 Å². The van der Waals surface area contributed by atoms with Crippen molar-refractivity contribution in [1.82, 2.24) is 9.21 Å². The number of hydrogen-bond donors (Lipinski definition) is 0. The predicted octanol–water partition coefficient (Wildman–Crippen LogP) is 3.15. The molecule has 0 unspecified atom stereocenters. The Balaban J connectivity index is 1.76. The monoisotopic (exact) mass is 386 g/mol. The van der Waals surface area contributed by atoms with E-state index in [1.54, 1.807) is 17.0 Å². The van der Waals surface area contributed by atoms with Crippen LogP contribution in [-0.2, 0) is 10.0 Å². The van der Waals surface area contributed by atoms with Crippen molar-refractivity contribution < 1.29 is 13.2 Å². The second-order valence-corrected chi connectivity index (χ2v) is 9.10. The Morgan fingerprint density at radius 1 is 0.889 bits per heavy atom. The van der Waals surface area contributed by atoms with Gasteiger partial charge in [-0.15, -0.1) is 0 Å². The van der Waals surface area contributed by atoms with Gasteiger partial charge in [-0.3, -0.25) is 4.79 Å². The molecular formula is C21H26N2O3S. The molecule has 0 bridgehead atoms. The summed E-state index contributed by atoms with van der Waals surface area (Å²) >= 11 is 0. The Kier molecular flexibility index (Phi) is 5.67. The summed E-state index contributed by atoms with van der Waals surface area (Å²) in [4.78, 5) is 14.8. The maximum absolute atomic E-state index is 13.0. The summed E-state index contributed by atoms with van der Waals surface area (Å²) in [5, 5.41) is 0. The van der Waals surface area contributed by atoms with Crippen molar-refractivity contribution in [2.75, 3.05) is 26.2 Å². The zero-order valence-electron chi connectivity index (χ0n) is 16.1. The minimum Gasteiger partial charge on any atom is -0.337 e. The van der Waals surface area contributed by atoms with Crippen molar-refractivity contribution in [3.05, 3.63) is 64.7 Å². The number of nitrogens with zero attached hydrogens (tertiary/aromatic N) is 2. The van der Waals surface area contributed by atoms with Gasteiger partial charge in [-0.1, -0.05) is 23.8 Å². The molecule has 0 atom stereocenters. The van der Waals surface area contributed by atoms with Crippen LogP contribution in [0.4, 0.5) is 0 Å². The molecule has 1 amide bonds. The van der Waals surface area contributed by atoms with E-state index in [2.05, 4.69) is 0 Å². The SMILES string of the molecule is Cc1cccc(C(=O)N2CCCN(S(=O)(=O)c3ccc(C)c(C)c3)CC2)c1. The average Bonchev–Trinajstić information content (AvgIpc) is 2.90. The first-order valence-electron chi connectivity index (χ1n) is 9.22. The quantitative estimate of drug-likeness (QED) is 0.814. The van der Waals surface area contributed by atoms with Crippen molar-refractivity contribution in [2.24, 2.45) is 0 Å². The molecule has 1 heterocycles. The number of hydrogen-bond acceptors (Lipinski definition) is 3. The van der Waals surface area contributed by atoms with E-state index in [1.807, 2.05) is 51.1 Å². The highest BCUT2D eigenvalue weighted by atomic mass is 32.2. The van der Waals surface area contributed by atoms with Crippen molar-refractivity contribution in [3.63, 3.8) is 0 Å². The molecule has 144 valence electrons. The van der Waals surface area contributed by atoms with E-state index in [4.69, 9.17) is 0 Å². The molecular weight excluding hydrogens is 360 g/mol. The molecule has 3 rings (SSSR count). The van der Waals surface area contributed by atoms with E-state index in [9.17, 15) is 13.2 Å². The molecule has 0 radical (unpaired) electrons. The van der Waals surface area contributed by atoms with Crippen LogP contribution >= 0.6 is 0 Å². The van der Waals surface area contributed by atoms with E-state index in [0.29, 0.717) is 43.1 Å². The fourth-order valence-corrected chi connectivity index (χ4v) is 4.88. The summed E-state index contributed by atoms with van der Waals surface area (Å²) in [6.45, 7) is 7.53. The van der Waals surface area contributed by atoms with Gasteiger partial charge in [0, 0.05) is 31.7 Å². The van der Waals surface area contributed by atoms with Crippen LogP contribution in [0.25, 0.3) is 0 Å². The topological polar surface area (TPSA) is 57.7 Å². The minimum absolute atomic E-state index is 0.0378. The van der Waals surface area contributed by atoms with E-state index in [1.165, 1.54) is 4.31 Å². The lowest BCUT2D eigenvalue weighted by Crippen LogP contribution is -2.37. The molecule has 1 saturated heterocycles. The number of sulfonamides is 1. The van der Waals surface area contributed by atoms with Gasteiger partial charge in [0.1, 0.15) is 0 Å². The second kappa shape index (κ2) is 7.82. The normalized spacial score (nSPS) is 16.2. The molecule has 0 aromatic heterocycles. The highest BCUT2D eigenvalue weighted by Gasteiger charge is 2.28. The van der Waals surface area contributed by atoms with Gasteiger partial charge < -0.3 is 4.90 Å². The van der Waals surface area contributed by atoms with Gasteiger partial charge in [-0.05, 0) is 62.6 Å². The van der Waals surface area contributed by atoms with Crippen molar-refractivity contribution in [3.8, 4) is 0 Å². The lowest BCUT2D eigenvalue weighted by Gasteiger charge is -2.22. The van der Waals surface area contributed by atoms with Crippen LogP contribution in [0.15, 0.2) is 47.4 Å². The summed E-state index contributed by atoms with van der Waals surface area (Å²) in [5.41, 5.74) is 3.72. The summed E-state index contributed by atoms with van der Waals surface area (Å²) in [6.07, 6.45) is 0.627. The van der Waals surface area contributed by atoms with Crippen LogP contribution in [0.5, 0.6) is 0 Å². The maximum atomic E-state index is 13.0. The van der Waals surface area contributed by atoms with Crippen molar-refractivity contribution >= 4 is 15.9 Å². The molecule has 2 aromatic carbocycles. The van der Waals surface area contributed by atoms with Gasteiger partial charge in [0.25, 0.3) is 5.91 Å². The summed E-state index contributed by atoms with van der Waals surface area (Å²) in [7, 11) is -3.55. The van der Waals surface area contributed by atoms with Crippen LogP contribution in [0, 0.1) is 20.8 Å². The third-order valence-electron chi connectivity index (χ3n) is 5.12. The molecule has 0 N–H and O–H groups in total. The number of carbonyl (C=O) groups excluding carboxylic acids is 1. The van der Waals surface area contributed by atoms with Gasteiger partial charge in [-0.2, -0.15) is 4.31 Å². The number of amides is 1. The first kappa shape index (κ1) is 19.6. The molecule has 1 fully saturated rings. The maximum Gasteiger partial charge on any atom is 0.253 e. The van der Waals surface area contributed by atoms with E-state index < -0.39 is 10.0 Å². The standard InChI is InChI=1S/C21H26N2O3S/c1-16-6-4-7-19(14-16)21(24)22-10-5-11-23(13-12-22)27(25,26)20-9-8-17(2)18(3)15-20/h4,6-9,14-15H,5,10-13H2,1-3H3. The highest BCUT2D eigenvalue weighted by Crippen LogP contribution is 2.21. The molecule has 0 saturated carbocycles. The molecule has 5 nitrogen and oxygen atoms in total. The van der Waals surface area contributed by atoms with Crippen LogP contribution in [0.1, 0.15) is 33.5 Å². The van der Waals surface area contributed by atoms with Crippen LogP contribution in [0.3, 0.4) is 0 Å². The first-order valence-corrected chi connectivity index (χ1v) is 10.7. The minimum atomic E-state index is -3.55. The van der Waals surface area contributed by atoms with Gasteiger partial charge in [0.05, 0.1) is 4.90 Å². The largest absolute Gasteiger partial charge is 0.337 e. The molecule has 6 heteroatoms. The van der Waals surface area contributed by atoms with Crippen molar-refractivity contribution in [1.29, 1.82) is 0 Å². The lowest BCUT2D eigenvalue weighted by molar-refractivity contribution is 0.0764. The van der Waals surface area contributed by atoms with Crippen molar-refractivity contribution in [2.45, 2.75) is 32.1 Å². The summed E-state index contributed by atoms with van der Waals surface area (Å²) < 4.78 is 27.5. The fourth-order valence-electron chi connectivity index (χ4n) is 3.32. The van der Waals surface area contributed by atoms with Gasteiger partial charge >= 0.3 is 0 Å². The van der Waals surface area contributed by atoms with Gasteiger partial charge in [0.15, 0.2) is 0 Å². The molecule has 1 aliphatic heterocycles. The highest BCUT2D eigenvalue weighted by molar-refractivity contribution is 7.89. The Labute approximate surface area is 161 Å². The second-order valence-electron chi connectivity index (χ2n) is 7.17. The first-order chi connectivity index (χ1) is 12.8. The zero-order chi connectivity index (χ0) is 19.6. The third kappa shape index (κ3) is 4.22. The average molecular weight is 387 g/mol. The smallest absolute Gasteiger partial charge is 0.253 e. The zero-order valence-corrected chi connectivity index (χ0v) is 16.9. The Morgan fingerprint density at radius 2 is 1.67 bits per heavy atom. The number of benzene rings is 2. The lowest BCUT2D eigenvalue weighted by atomic mass is 10.1. The molecule has 0 spiro atoms. The third-order valence-corrected chi connectivity index (χ3v) is 7.02. The van der Waals surface area contributed by atoms with E-state index in [-0.39, 0.29) is 5.91 Å². The molecule has 2 aromatic rings. The number of rotatable bonds is 3. The molecule has 1 aliphatic rings. The van der Waals surface area contributed by atoms with E-state index in [0.717, 1.165) is 16.7 Å². The van der Waals surface area contributed by atoms with Crippen LogP contribution in [0.2, 0.25) is 0 Å². The number of carbonyl (C=O) groups is 1. The molecule has 27 heavy (non-hydrogen) atoms. The van der Waals surface area contributed by atoms with Crippen LogP contribution < -0.4 is 0 Å². The van der Waals surface area contributed by atoms with Crippen LogP contribution in [-0.4, -0.2) is 49.7 Å². The van der Waals surface area contributed by atoms with Gasteiger partial charge in [-0.25, -0.2) is 8.42 Å². The fraction of sp³-hybridized carbons (Fsp3) is 0.381.